The standard InChI is InChI=1S/C10H9N7O2/c1-2-19-10(18)7-5-11-16(6-7)9-4-3-8-12-14-15-17(8)13-9/h3-6H,2H2,1H3. The number of esters is 1. The van der Waals surface area contributed by atoms with Crippen LogP contribution < -0.4 is 0 Å². The summed E-state index contributed by atoms with van der Waals surface area (Å²) in [5.41, 5.74) is 0.891. The van der Waals surface area contributed by atoms with Crippen LogP contribution >= 0.6 is 0 Å². The highest BCUT2D eigenvalue weighted by molar-refractivity contribution is 5.88. The fourth-order valence-electron chi connectivity index (χ4n) is 1.53. The van der Waals surface area contributed by atoms with Gasteiger partial charge in [0, 0.05) is 6.20 Å². The third-order valence-corrected chi connectivity index (χ3v) is 2.38. The number of nitrogens with zero attached hydrogens (tertiary/aromatic N) is 7. The van der Waals surface area contributed by atoms with Gasteiger partial charge < -0.3 is 4.74 Å². The third-order valence-electron chi connectivity index (χ3n) is 2.38. The van der Waals surface area contributed by atoms with Crippen molar-refractivity contribution >= 4 is 11.6 Å². The van der Waals surface area contributed by atoms with Crippen molar-refractivity contribution in [2.45, 2.75) is 6.92 Å². The molecule has 3 aromatic heterocycles. The average Bonchev–Trinajstić information content (AvgIpc) is 3.07. The lowest BCUT2D eigenvalue weighted by Crippen LogP contribution is -2.05. The molecule has 3 rings (SSSR count). The van der Waals surface area contributed by atoms with E-state index in [4.69, 9.17) is 4.74 Å². The van der Waals surface area contributed by atoms with Gasteiger partial charge in [-0.15, -0.1) is 14.8 Å². The molecule has 96 valence electrons. The predicted octanol–water partition coefficient (Wildman–Crippen LogP) is -0.118. The van der Waals surface area contributed by atoms with Crippen LogP contribution in [0.1, 0.15) is 17.3 Å². The predicted molar refractivity (Wildman–Crippen MR) is 61.7 cm³/mol. The number of fused-ring (bicyclic) bond motifs is 1. The summed E-state index contributed by atoms with van der Waals surface area (Å²) in [7, 11) is 0. The van der Waals surface area contributed by atoms with Crippen LogP contribution in [0.4, 0.5) is 0 Å². The second-order valence-corrected chi connectivity index (χ2v) is 3.61. The molecular weight excluding hydrogens is 250 g/mol. The Morgan fingerprint density at radius 2 is 2.32 bits per heavy atom. The Morgan fingerprint density at radius 1 is 1.42 bits per heavy atom. The lowest BCUT2D eigenvalue weighted by molar-refractivity contribution is 0.0526. The van der Waals surface area contributed by atoms with Crippen molar-refractivity contribution in [2.24, 2.45) is 0 Å². The Morgan fingerprint density at radius 3 is 3.16 bits per heavy atom. The van der Waals surface area contributed by atoms with Gasteiger partial charge in [-0.25, -0.2) is 9.48 Å². The maximum absolute atomic E-state index is 11.5. The molecule has 0 aliphatic rings. The monoisotopic (exact) mass is 259 g/mol. The Labute approximate surface area is 106 Å². The smallest absolute Gasteiger partial charge is 0.341 e. The van der Waals surface area contributed by atoms with Gasteiger partial charge in [-0.2, -0.15) is 5.10 Å². The van der Waals surface area contributed by atoms with E-state index in [2.05, 4.69) is 25.7 Å². The molecule has 9 nitrogen and oxygen atoms in total. The molecule has 0 spiro atoms. The van der Waals surface area contributed by atoms with E-state index in [0.29, 0.717) is 23.6 Å². The van der Waals surface area contributed by atoms with Gasteiger partial charge in [-0.3, -0.25) is 0 Å². The topological polar surface area (TPSA) is 100 Å². The first kappa shape index (κ1) is 11.3. The Kier molecular flexibility index (Phi) is 2.63. The Hall–Kier alpha value is -2.84. The zero-order chi connectivity index (χ0) is 13.2. The molecule has 3 heterocycles. The van der Waals surface area contributed by atoms with Crippen molar-refractivity contribution in [3.63, 3.8) is 0 Å². The third kappa shape index (κ3) is 2.01. The van der Waals surface area contributed by atoms with Crippen LogP contribution in [0.3, 0.4) is 0 Å². The molecule has 0 aliphatic carbocycles. The van der Waals surface area contributed by atoms with Crippen molar-refractivity contribution < 1.29 is 9.53 Å². The van der Waals surface area contributed by atoms with E-state index in [-0.39, 0.29) is 0 Å². The van der Waals surface area contributed by atoms with Crippen LogP contribution in [-0.4, -0.2) is 47.6 Å². The van der Waals surface area contributed by atoms with E-state index in [0.717, 1.165) is 0 Å². The number of carbonyl (C=O) groups is 1. The Bertz CT molecular complexity index is 732. The molecule has 0 unspecified atom stereocenters. The van der Waals surface area contributed by atoms with Gasteiger partial charge in [0.1, 0.15) is 0 Å². The minimum Gasteiger partial charge on any atom is -0.462 e. The van der Waals surface area contributed by atoms with E-state index < -0.39 is 5.97 Å². The molecule has 0 aliphatic heterocycles. The largest absolute Gasteiger partial charge is 0.462 e. The first-order valence-electron chi connectivity index (χ1n) is 5.55. The summed E-state index contributed by atoms with van der Waals surface area (Å²) in [6, 6.07) is 3.40. The van der Waals surface area contributed by atoms with E-state index >= 15 is 0 Å². The van der Waals surface area contributed by atoms with E-state index in [9.17, 15) is 4.79 Å². The van der Waals surface area contributed by atoms with E-state index in [1.54, 1.807) is 19.1 Å². The second-order valence-electron chi connectivity index (χ2n) is 3.61. The highest BCUT2D eigenvalue weighted by Gasteiger charge is 2.11. The lowest BCUT2D eigenvalue weighted by Gasteiger charge is -1.99. The zero-order valence-corrected chi connectivity index (χ0v) is 9.96. The van der Waals surface area contributed by atoms with Crippen molar-refractivity contribution in [2.75, 3.05) is 6.61 Å². The van der Waals surface area contributed by atoms with Gasteiger partial charge in [0.05, 0.1) is 18.4 Å². The summed E-state index contributed by atoms with van der Waals surface area (Å²) in [5, 5.41) is 19.1. The number of hydrogen-bond acceptors (Lipinski definition) is 7. The normalized spacial score (nSPS) is 10.8. The molecule has 0 saturated heterocycles. The summed E-state index contributed by atoms with van der Waals surface area (Å²) < 4.78 is 7.62. The minimum absolute atomic E-state index is 0.318. The number of aromatic nitrogens is 7. The maximum atomic E-state index is 11.5. The summed E-state index contributed by atoms with van der Waals surface area (Å²) in [6.45, 7) is 2.06. The van der Waals surface area contributed by atoms with Gasteiger partial charge in [-0.1, -0.05) is 0 Å². The van der Waals surface area contributed by atoms with Crippen LogP contribution in [0.2, 0.25) is 0 Å². The fraction of sp³-hybridized carbons (Fsp3) is 0.200. The maximum Gasteiger partial charge on any atom is 0.341 e. The van der Waals surface area contributed by atoms with Crippen LogP contribution in [0.5, 0.6) is 0 Å². The number of tetrazole rings is 1. The highest BCUT2D eigenvalue weighted by atomic mass is 16.5. The number of carbonyl (C=O) groups excluding carboxylic acids is 1. The summed E-state index contributed by atoms with van der Waals surface area (Å²) in [4.78, 5) is 11.5. The van der Waals surface area contributed by atoms with Crippen molar-refractivity contribution in [1.82, 2.24) is 35.0 Å². The highest BCUT2D eigenvalue weighted by Crippen LogP contribution is 2.07. The van der Waals surface area contributed by atoms with Crippen LogP contribution in [0.25, 0.3) is 11.5 Å². The lowest BCUT2D eigenvalue weighted by atomic mass is 10.4. The molecule has 0 N–H and O–H groups in total. The molecule has 0 amide bonds. The number of rotatable bonds is 3. The second kappa shape index (κ2) is 4.44. The van der Waals surface area contributed by atoms with Gasteiger partial charge in [0.2, 0.25) is 0 Å². The molecule has 0 radical (unpaired) electrons. The first-order valence-corrected chi connectivity index (χ1v) is 5.55. The zero-order valence-electron chi connectivity index (χ0n) is 9.96. The molecule has 0 atom stereocenters. The summed E-state index contributed by atoms with van der Waals surface area (Å²) in [5.74, 6) is 0.0765. The van der Waals surface area contributed by atoms with Crippen LogP contribution in [0, 0.1) is 0 Å². The fourth-order valence-corrected chi connectivity index (χ4v) is 1.53. The summed E-state index contributed by atoms with van der Waals surface area (Å²) in [6.07, 6.45) is 2.96. The molecule has 19 heavy (non-hydrogen) atoms. The van der Waals surface area contributed by atoms with E-state index in [1.165, 1.54) is 21.7 Å². The SMILES string of the molecule is CCOC(=O)c1cnn(-c2ccc3nnnn3n2)c1. The molecule has 9 heteroatoms. The van der Waals surface area contributed by atoms with Crippen molar-refractivity contribution in [3.8, 4) is 5.82 Å². The minimum atomic E-state index is -0.419. The van der Waals surface area contributed by atoms with Gasteiger partial charge in [-0.05, 0) is 29.5 Å². The number of hydrogen-bond donors (Lipinski definition) is 0. The Balaban J connectivity index is 1.95. The van der Waals surface area contributed by atoms with Crippen LogP contribution in [-0.2, 0) is 4.74 Å². The molecule has 0 aromatic carbocycles. The van der Waals surface area contributed by atoms with Crippen molar-refractivity contribution in [3.05, 3.63) is 30.1 Å². The molecule has 0 fully saturated rings. The average molecular weight is 259 g/mol. The van der Waals surface area contributed by atoms with Gasteiger partial charge in [0.15, 0.2) is 11.5 Å². The molecule has 0 bridgehead atoms. The quantitative estimate of drug-likeness (QED) is 0.604. The van der Waals surface area contributed by atoms with Gasteiger partial charge >= 0.3 is 5.97 Å². The van der Waals surface area contributed by atoms with Gasteiger partial charge in [0.25, 0.3) is 0 Å². The number of ether oxygens (including phenoxy) is 1. The summed E-state index contributed by atoms with van der Waals surface area (Å²) >= 11 is 0. The van der Waals surface area contributed by atoms with Crippen LogP contribution in [0.15, 0.2) is 24.5 Å². The first-order chi connectivity index (χ1) is 9.28. The molecule has 0 saturated carbocycles. The van der Waals surface area contributed by atoms with Crippen molar-refractivity contribution in [1.29, 1.82) is 0 Å². The van der Waals surface area contributed by atoms with E-state index in [1.807, 2.05) is 0 Å². The molecular formula is C10H9N7O2. The molecule has 3 aromatic rings.